The fourth-order valence-electron chi connectivity index (χ4n) is 4.44. The zero-order valence-corrected chi connectivity index (χ0v) is 19.2. The van der Waals surface area contributed by atoms with E-state index < -0.39 is 6.09 Å². The molecule has 1 aliphatic rings. The maximum Gasteiger partial charge on any atom is 0.404 e. The van der Waals surface area contributed by atoms with Gasteiger partial charge in [-0.3, -0.25) is 4.57 Å². The summed E-state index contributed by atoms with van der Waals surface area (Å²) in [5, 5.41) is 35.5. The van der Waals surface area contributed by atoms with Crippen LogP contribution >= 0.6 is 11.3 Å². The van der Waals surface area contributed by atoms with Crippen LogP contribution in [-0.4, -0.2) is 49.0 Å². The van der Waals surface area contributed by atoms with Crippen molar-refractivity contribution >= 4 is 34.2 Å². The fourth-order valence-corrected chi connectivity index (χ4v) is 5.48. The monoisotopic (exact) mass is 474 g/mol. The van der Waals surface area contributed by atoms with Gasteiger partial charge in [0.1, 0.15) is 16.5 Å². The first-order chi connectivity index (χ1) is 16.6. The van der Waals surface area contributed by atoms with E-state index in [-0.39, 0.29) is 12.0 Å². The quantitative estimate of drug-likeness (QED) is 0.392. The van der Waals surface area contributed by atoms with Crippen molar-refractivity contribution in [2.45, 2.75) is 37.6 Å². The van der Waals surface area contributed by atoms with E-state index in [0.717, 1.165) is 52.3 Å². The van der Waals surface area contributed by atoms with Crippen LogP contribution in [0.5, 0.6) is 0 Å². The normalized spacial score (nSPS) is 17.9. The molecule has 0 unspecified atom stereocenters. The Bertz CT molecular complexity index is 1400. The van der Waals surface area contributed by atoms with Gasteiger partial charge in [-0.05, 0) is 37.8 Å². The first kappa shape index (κ1) is 21.8. The van der Waals surface area contributed by atoms with Crippen LogP contribution in [0.15, 0.2) is 36.8 Å². The average molecular weight is 475 g/mol. The molecule has 10 nitrogen and oxygen atoms in total. The second kappa shape index (κ2) is 9.07. The van der Waals surface area contributed by atoms with Crippen molar-refractivity contribution < 1.29 is 9.90 Å². The molecule has 172 valence electrons. The van der Waals surface area contributed by atoms with Gasteiger partial charge >= 0.3 is 6.09 Å². The van der Waals surface area contributed by atoms with Crippen LogP contribution in [0, 0.1) is 11.3 Å². The molecule has 3 N–H and O–H groups in total. The summed E-state index contributed by atoms with van der Waals surface area (Å²) < 4.78 is 1.86. The van der Waals surface area contributed by atoms with Gasteiger partial charge in [-0.25, -0.2) is 14.8 Å². The van der Waals surface area contributed by atoms with Gasteiger partial charge in [0, 0.05) is 54.7 Å². The van der Waals surface area contributed by atoms with Gasteiger partial charge in [0.2, 0.25) is 0 Å². The Morgan fingerprint density at radius 3 is 2.79 bits per heavy atom. The minimum atomic E-state index is -0.966. The van der Waals surface area contributed by atoms with Gasteiger partial charge in [0.25, 0.3) is 0 Å². The molecule has 0 aromatic carbocycles. The SMILES string of the molecule is CNc1cc(-n2ccc3c(C#N)ccnc32)ncc1-c1nnc(C2CCC(NC(=O)O)CC2)s1. The lowest BCUT2D eigenvalue weighted by molar-refractivity contribution is 0.185. The zero-order chi connectivity index (χ0) is 23.7. The van der Waals surface area contributed by atoms with E-state index in [9.17, 15) is 10.1 Å². The van der Waals surface area contributed by atoms with E-state index in [1.54, 1.807) is 29.8 Å². The van der Waals surface area contributed by atoms with E-state index >= 15 is 0 Å². The summed E-state index contributed by atoms with van der Waals surface area (Å²) in [5.41, 5.74) is 2.97. The van der Waals surface area contributed by atoms with Crippen molar-refractivity contribution in [2.24, 2.45) is 0 Å². The number of carbonyl (C=O) groups is 1. The second-order valence-corrected chi connectivity index (χ2v) is 9.18. The molecular weight excluding hydrogens is 452 g/mol. The minimum Gasteiger partial charge on any atom is -0.465 e. The van der Waals surface area contributed by atoms with Crippen molar-refractivity contribution in [2.75, 3.05) is 12.4 Å². The Morgan fingerprint density at radius 1 is 1.24 bits per heavy atom. The van der Waals surface area contributed by atoms with Crippen molar-refractivity contribution in [1.82, 2.24) is 30.0 Å². The Hall–Kier alpha value is -4.04. The van der Waals surface area contributed by atoms with E-state index in [4.69, 9.17) is 5.11 Å². The Morgan fingerprint density at radius 2 is 2.06 bits per heavy atom. The predicted molar refractivity (Wildman–Crippen MR) is 128 cm³/mol. The third kappa shape index (κ3) is 4.04. The highest BCUT2D eigenvalue weighted by molar-refractivity contribution is 7.14. The summed E-state index contributed by atoms with van der Waals surface area (Å²) in [6.07, 6.45) is 7.66. The number of aromatic nitrogens is 5. The predicted octanol–water partition coefficient (Wildman–Crippen LogP) is 4.15. The number of carboxylic acid groups (broad SMARTS) is 1. The summed E-state index contributed by atoms with van der Waals surface area (Å²) in [6.45, 7) is 0. The molecule has 0 saturated heterocycles. The largest absolute Gasteiger partial charge is 0.465 e. The molecule has 0 aliphatic heterocycles. The van der Waals surface area contributed by atoms with E-state index in [0.29, 0.717) is 17.0 Å². The number of anilines is 1. The number of rotatable bonds is 5. The lowest BCUT2D eigenvalue weighted by Crippen LogP contribution is -2.36. The van der Waals surface area contributed by atoms with Crippen LogP contribution in [0.25, 0.3) is 27.4 Å². The van der Waals surface area contributed by atoms with Crippen LogP contribution in [0.4, 0.5) is 10.5 Å². The number of nitrogens with zero attached hydrogens (tertiary/aromatic N) is 6. The topological polar surface area (TPSA) is 142 Å². The van der Waals surface area contributed by atoms with Crippen LogP contribution in [-0.2, 0) is 0 Å². The fraction of sp³-hybridized carbons (Fsp3) is 0.304. The minimum absolute atomic E-state index is 0.0114. The molecule has 0 spiro atoms. The highest BCUT2D eigenvalue weighted by atomic mass is 32.1. The Kier molecular flexibility index (Phi) is 5.81. The number of pyridine rings is 2. The molecule has 1 fully saturated rings. The molecule has 34 heavy (non-hydrogen) atoms. The number of nitrogens with one attached hydrogen (secondary N) is 2. The van der Waals surface area contributed by atoms with Crippen molar-refractivity contribution in [3.63, 3.8) is 0 Å². The van der Waals surface area contributed by atoms with Gasteiger partial charge in [-0.1, -0.05) is 11.3 Å². The van der Waals surface area contributed by atoms with Crippen LogP contribution in [0.3, 0.4) is 0 Å². The molecule has 0 radical (unpaired) electrons. The van der Waals surface area contributed by atoms with Crippen LogP contribution in [0.1, 0.15) is 42.2 Å². The average Bonchev–Trinajstić information content (AvgIpc) is 3.51. The summed E-state index contributed by atoms with van der Waals surface area (Å²) in [5.74, 6) is 0.967. The molecule has 4 aromatic rings. The number of amides is 1. The molecule has 5 rings (SSSR count). The second-order valence-electron chi connectivity index (χ2n) is 8.17. The number of nitriles is 1. The summed E-state index contributed by atoms with van der Waals surface area (Å²) in [7, 11) is 1.85. The first-order valence-corrected chi connectivity index (χ1v) is 11.8. The molecule has 4 aromatic heterocycles. The van der Waals surface area contributed by atoms with Gasteiger partial charge in [0.15, 0.2) is 5.01 Å². The molecule has 1 saturated carbocycles. The molecule has 1 aliphatic carbocycles. The van der Waals surface area contributed by atoms with E-state index in [2.05, 4.69) is 36.9 Å². The summed E-state index contributed by atoms with van der Waals surface area (Å²) >= 11 is 1.55. The van der Waals surface area contributed by atoms with Gasteiger partial charge < -0.3 is 15.7 Å². The molecule has 4 heterocycles. The lowest BCUT2D eigenvalue weighted by Gasteiger charge is -2.26. The van der Waals surface area contributed by atoms with Crippen LogP contribution in [0.2, 0.25) is 0 Å². The number of fused-ring (bicyclic) bond motifs is 1. The number of hydrogen-bond donors (Lipinski definition) is 3. The third-order valence-electron chi connectivity index (χ3n) is 6.19. The van der Waals surface area contributed by atoms with Crippen molar-refractivity contribution in [3.8, 4) is 22.5 Å². The third-order valence-corrected chi connectivity index (χ3v) is 7.31. The standard InChI is InChI=1S/C23H22N8O2S/c1-25-18-10-19(31-9-7-16-14(11-24)6-8-26-20(16)31)27-12-17(18)22-30-29-21(34-22)13-2-4-15(5-3-13)28-23(32)33/h6-10,12-13,15,28H,2-5H2,1H3,(H,25,27)(H,32,33). The Balaban J connectivity index is 1.40. The summed E-state index contributed by atoms with van der Waals surface area (Å²) in [4.78, 5) is 19.9. The van der Waals surface area contributed by atoms with Gasteiger partial charge in [-0.15, -0.1) is 10.2 Å². The number of hydrogen-bond acceptors (Lipinski definition) is 8. The highest BCUT2D eigenvalue weighted by Crippen LogP contribution is 2.38. The zero-order valence-electron chi connectivity index (χ0n) is 18.4. The van der Waals surface area contributed by atoms with Crippen LogP contribution < -0.4 is 10.6 Å². The molecule has 0 bridgehead atoms. The highest BCUT2D eigenvalue weighted by Gasteiger charge is 2.26. The first-order valence-electron chi connectivity index (χ1n) is 10.9. The van der Waals surface area contributed by atoms with E-state index in [1.165, 1.54) is 0 Å². The molecule has 0 atom stereocenters. The maximum absolute atomic E-state index is 10.9. The van der Waals surface area contributed by atoms with Gasteiger partial charge in [-0.2, -0.15) is 5.26 Å². The van der Waals surface area contributed by atoms with Crippen molar-refractivity contribution in [3.05, 3.63) is 47.4 Å². The van der Waals surface area contributed by atoms with E-state index in [1.807, 2.05) is 29.9 Å². The molecule has 1 amide bonds. The maximum atomic E-state index is 10.9. The lowest BCUT2D eigenvalue weighted by atomic mass is 9.86. The Labute approximate surface area is 199 Å². The molecule has 11 heteroatoms. The molecular formula is C23H22N8O2S. The smallest absolute Gasteiger partial charge is 0.404 e. The van der Waals surface area contributed by atoms with Crippen molar-refractivity contribution in [1.29, 1.82) is 5.26 Å². The summed E-state index contributed by atoms with van der Waals surface area (Å²) in [6, 6.07) is 7.71. The van der Waals surface area contributed by atoms with Gasteiger partial charge in [0.05, 0.1) is 17.2 Å².